The molecule has 1 heterocycles. The lowest BCUT2D eigenvalue weighted by Crippen LogP contribution is -2.06. The number of hydrogen-bond donors (Lipinski definition) is 0. The monoisotopic (exact) mass is 172 g/mol. The van der Waals surface area contributed by atoms with Crippen LogP contribution < -0.4 is 0 Å². The lowest BCUT2D eigenvalue weighted by molar-refractivity contribution is -0.117. The first kappa shape index (κ1) is 8.27. The lowest BCUT2D eigenvalue weighted by Gasteiger charge is -1.93. The summed E-state index contributed by atoms with van der Waals surface area (Å²) in [6, 6.07) is 0. The maximum absolute atomic E-state index is 10.6. The second-order valence-corrected chi connectivity index (χ2v) is 2.87. The van der Waals surface area contributed by atoms with Gasteiger partial charge in [-0.1, -0.05) is 11.6 Å². The molecule has 0 bridgehead atoms. The van der Waals surface area contributed by atoms with E-state index in [1.807, 2.05) is 0 Å². The van der Waals surface area contributed by atoms with Crippen molar-refractivity contribution in [1.82, 2.24) is 9.78 Å². The quantitative estimate of drug-likeness (QED) is 0.677. The number of ketones is 1. The van der Waals surface area contributed by atoms with Crippen molar-refractivity contribution < 1.29 is 4.79 Å². The summed E-state index contributed by atoms with van der Waals surface area (Å²) in [4.78, 5) is 10.6. The average Bonchev–Trinajstić information content (AvgIpc) is 2.10. The van der Waals surface area contributed by atoms with Gasteiger partial charge in [0.1, 0.15) is 0 Å². The molecule has 1 rings (SSSR count). The Labute approximate surface area is 70.0 Å². The Kier molecular flexibility index (Phi) is 2.29. The molecule has 0 aliphatic rings. The molecule has 1 aromatic rings. The molecular weight excluding hydrogens is 164 g/mol. The summed E-state index contributed by atoms with van der Waals surface area (Å²) in [7, 11) is 0. The number of halogens is 1. The third kappa shape index (κ3) is 2.05. The molecule has 3 nitrogen and oxygen atoms in total. The zero-order valence-corrected chi connectivity index (χ0v) is 7.22. The van der Waals surface area contributed by atoms with Crippen LogP contribution in [0, 0.1) is 6.92 Å². The summed E-state index contributed by atoms with van der Waals surface area (Å²) in [5.74, 6) is 0.0733. The largest absolute Gasteiger partial charge is 0.298 e. The average molecular weight is 173 g/mol. The summed E-state index contributed by atoms with van der Waals surface area (Å²) in [6.07, 6.45) is 1.65. The van der Waals surface area contributed by atoms with E-state index in [4.69, 9.17) is 11.6 Å². The number of aryl methyl sites for hydroxylation is 1. The van der Waals surface area contributed by atoms with Crippen LogP contribution in [0.1, 0.15) is 12.6 Å². The van der Waals surface area contributed by atoms with Crippen molar-refractivity contribution in [3.63, 3.8) is 0 Å². The van der Waals surface area contributed by atoms with Crippen molar-refractivity contribution in [2.45, 2.75) is 20.4 Å². The molecule has 0 N–H and O–H groups in total. The standard InChI is InChI=1S/C7H9ClN2O/c1-5(11)3-10-4-7(8)6(2)9-10/h4H,3H2,1-2H3. The molecule has 4 heteroatoms. The fraction of sp³-hybridized carbons (Fsp3) is 0.429. The van der Waals surface area contributed by atoms with E-state index in [0.717, 1.165) is 5.69 Å². The van der Waals surface area contributed by atoms with Crippen LogP contribution >= 0.6 is 11.6 Å². The second kappa shape index (κ2) is 3.05. The third-order valence-corrected chi connectivity index (χ3v) is 1.64. The fourth-order valence-corrected chi connectivity index (χ4v) is 0.953. The minimum atomic E-state index is 0.0733. The summed E-state index contributed by atoms with van der Waals surface area (Å²) < 4.78 is 1.54. The Hall–Kier alpha value is -0.830. The van der Waals surface area contributed by atoms with Gasteiger partial charge in [-0.25, -0.2) is 0 Å². The zero-order chi connectivity index (χ0) is 8.43. The third-order valence-electron chi connectivity index (χ3n) is 1.27. The summed E-state index contributed by atoms with van der Waals surface area (Å²) >= 11 is 5.72. The van der Waals surface area contributed by atoms with Gasteiger partial charge in [0.25, 0.3) is 0 Å². The zero-order valence-electron chi connectivity index (χ0n) is 6.47. The molecule has 0 saturated carbocycles. The van der Waals surface area contributed by atoms with Gasteiger partial charge in [-0.3, -0.25) is 9.48 Å². The van der Waals surface area contributed by atoms with Gasteiger partial charge in [0.2, 0.25) is 0 Å². The number of aromatic nitrogens is 2. The van der Waals surface area contributed by atoms with Crippen molar-refractivity contribution in [3.05, 3.63) is 16.9 Å². The van der Waals surface area contributed by atoms with Crippen LogP contribution in [0.25, 0.3) is 0 Å². The van der Waals surface area contributed by atoms with E-state index in [0.29, 0.717) is 11.6 Å². The number of Topliss-reactive ketones (excluding diaryl/α,β-unsaturated/α-hetero) is 1. The predicted octanol–water partition coefficient (Wildman–Crippen LogP) is 1.43. The van der Waals surface area contributed by atoms with Crippen molar-refractivity contribution >= 4 is 17.4 Å². The van der Waals surface area contributed by atoms with Gasteiger partial charge in [-0.05, 0) is 13.8 Å². The van der Waals surface area contributed by atoms with Crippen LogP contribution in [0.5, 0.6) is 0 Å². The van der Waals surface area contributed by atoms with Gasteiger partial charge in [0.05, 0.1) is 17.3 Å². The van der Waals surface area contributed by atoms with Crippen LogP contribution in [-0.2, 0) is 11.3 Å². The second-order valence-electron chi connectivity index (χ2n) is 2.46. The van der Waals surface area contributed by atoms with E-state index in [2.05, 4.69) is 5.10 Å². The van der Waals surface area contributed by atoms with E-state index in [1.54, 1.807) is 17.8 Å². The minimum absolute atomic E-state index is 0.0733. The molecule has 0 fully saturated rings. The van der Waals surface area contributed by atoms with E-state index in [9.17, 15) is 4.79 Å². The van der Waals surface area contributed by atoms with Gasteiger partial charge >= 0.3 is 0 Å². The molecule has 11 heavy (non-hydrogen) atoms. The van der Waals surface area contributed by atoms with Crippen molar-refractivity contribution in [2.75, 3.05) is 0 Å². The number of nitrogens with zero attached hydrogens (tertiary/aromatic N) is 2. The van der Waals surface area contributed by atoms with Crippen LogP contribution in [0.4, 0.5) is 0 Å². The number of carbonyl (C=O) groups excluding carboxylic acids is 1. The van der Waals surface area contributed by atoms with E-state index >= 15 is 0 Å². The van der Waals surface area contributed by atoms with Crippen LogP contribution in [0.15, 0.2) is 6.20 Å². The Bertz CT molecular complexity index is 260. The predicted molar refractivity (Wildman–Crippen MR) is 42.7 cm³/mol. The summed E-state index contributed by atoms with van der Waals surface area (Å²) in [5, 5.41) is 4.62. The maximum atomic E-state index is 10.6. The first-order valence-corrected chi connectivity index (χ1v) is 3.66. The molecule has 0 unspecified atom stereocenters. The van der Waals surface area contributed by atoms with E-state index in [1.165, 1.54) is 6.92 Å². The molecule has 0 atom stereocenters. The minimum Gasteiger partial charge on any atom is -0.298 e. The summed E-state index contributed by atoms with van der Waals surface area (Å²) in [6.45, 7) is 3.62. The lowest BCUT2D eigenvalue weighted by atomic mass is 10.4. The number of hydrogen-bond acceptors (Lipinski definition) is 2. The van der Waals surface area contributed by atoms with Gasteiger partial charge < -0.3 is 0 Å². The Morgan fingerprint density at radius 2 is 2.45 bits per heavy atom. The molecule has 0 aliphatic carbocycles. The van der Waals surface area contributed by atoms with Crippen molar-refractivity contribution in [2.24, 2.45) is 0 Å². The highest BCUT2D eigenvalue weighted by molar-refractivity contribution is 6.31. The molecule has 0 spiro atoms. The molecular formula is C7H9ClN2O. The highest BCUT2D eigenvalue weighted by atomic mass is 35.5. The molecule has 1 aromatic heterocycles. The Morgan fingerprint density at radius 3 is 2.82 bits per heavy atom. The highest BCUT2D eigenvalue weighted by Crippen LogP contribution is 2.11. The van der Waals surface area contributed by atoms with E-state index < -0.39 is 0 Å². The van der Waals surface area contributed by atoms with Gasteiger partial charge in [0.15, 0.2) is 5.78 Å². The van der Waals surface area contributed by atoms with Crippen molar-refractivity contribution in [3.8, 4) is 0 Å². The van der Waals surface area contributed by atoms with E-state index in [-0.39, 0.29) is 5.78 Å². The topological polar surface area (TPSA) is 34.9 Å². The smallest absolute Gasteiger partial charge is 0.151 e. The molecule has 60 valence electrons. The Balaban J connectivity index is 2.81. The first-order valence-electron chi connectivity index (χ1n) is 3.28. The maximum Gasteiger partial charge on any atom is 0.151 e. The SMILES string of the molecule is CC(=O)Cn1cc(Cl)c(C)n1. The number of rotatable bonds is 2. The molecule has 0 saturated heterocycles. The molecule has 0 radical (unpaired) electrons. The van der Waals surface area contributed by atoms with Gasteiger partial charge in [0, 0.05) is 6.20 Å². The molecule has 0 aromatic carbocycles. The first-order chi connectivity index (χ1) is 5.09. The van der Waals surface area contributed by atoms with Gasteiger partial charge in [-0.2, -0.15) is 5.10 Å². The van der Waals surface area contributed by atoms with Crippen molar-refractivity contribution in [1.29, 1.82) is 0 Å². The van der Waals surface area contributed by atoms with Crippen LogP contribution in [0.3, 0.4) is 0 Å². The number of carbonyl (C=O) groups is 1. The summed E-state index contributed by atoms with van der Waals surface area (Å²) in [5.41, 5.74) is 0.757. The normalized spacial score (nSPS) is 10.1. The molecule has 0 aliphatic heterocycles. The molecule has 0 amide bonds. The Morgan fingerprint density at radius 1 is 1.82 bits per heavy atom. The van der Waals surface area contributed by atoms with Crippen LogP contribution in [-0.4, -0.2) is 15.6 Å². The van der Waals surface area contributed by atoms with Crippen LogP contribution in [0.2, 0.25) is 5.02 Å². The highest BCUT2D eigenvalue weighted by Gasteiger charge is 2.02. The fourth-order valence-electron chi connectivity index (χ4n) is 0.803. The van der Waals surface area contributed by atoms with Gasteiger partial charge in [-0.15, -0.1) is 0 Å².